The van der Waals surface area contributed by atoms with Crippen LogP contribution in [0, 0.1) is 5.92 Å². The SMILES string of the molecule is CSCCC(C(N)=O)N(C(=O)CCC(C)C)N1CC[C@@H](N)C1=O. The van der Waals surface area contributed by atoms with E-state index < -0.39 is 18.0 Å². The first-order chi connectivity index (χ1) is 10.8. The Labute approximate surface area is 142 Å². The van der Waals surface area contributed by atoms with Crippen LogP contribution in [0.2, 0.25) is 0 Å². The number of amides is 3. The summed E-state index contributed by atoms with van der Waals surface area (Å²) in [5, 5.41) is 2.60. The van der Waals surface area contributed by atoms with Crippen molar-refractivity contribution >= 4 is 29.5 Å². The molecule has 0 aromatic carbocycles. The van der Waals surface area contributed by atoms with Crippen LogP contribution in [0.3, 0.4) is 0 Å². The highest BCUT2D eigenvalue weighted by molar-refractivity contribution is 7.98. The largest absolute Gasteiger partial charge is 0.368 e. The number of thioether (sulfide) groups is 1. The van der Waals surface area contributed by atoms with E-state index in [-0.39, 0.29) is 18.2 Å². The van der Waals surface area contributed by atoms with E-state index in [0.29, 0.717) is 37.5 Å². The van der Waals surface area contributed by atoms with Crippen molar-refractivity contribution < 1.29 is 14.4 Å². The number of nitrogens with zero attached hydrogens (tertiary/aromatic N) is 2. The Morgan fingerprint density at radius 1 is 1.39 bits per heavy atom. The van der Waals surface area contributed by atoms with Crippen molar-refractivity contribution in [2.24, 2.45) is 17.4 Å². The standard InChI is InChI=1S/C15H28N4O3S/c1-10(2)4-5-13(20)19(12(14(17)21)7-9-23-3)18-8-6-11(16)15(18)22/h10-12H,4-9,16H2,1-3H3,(H2,17,21)/t11-,12?/m1/s1. The van der Waals surface area contributed by atoms with Crippen LogP contribution in [0.4, 0.5) is 0 Å². The Bertz CT molecular complexity index is 444. The Morgan fingerprint density at radius 3 is 2.48 bits per heavy atom. The molecule has 0 bridgehead atoms. The van der Waals surface area contributed by atoms with E-state index in [4.69, 9.17) is 11.5 Å². The molecule has 3 amide bonds. The van der Waals surface area contributed by atoms with Crippen LogP contribution >= 0.6 is 11.8 Å². The second-order valence-corrected chi connectivity index (χ2v) is 7.21. The normalized spacial score (nSPS) is 19.3. The number of carbonyl (C=O) groups excluding carboxylic acids is 3. The summed E-state index contributed by atoms with van der Waals surface area (Å²) in [7, 11) is 0. The van der Waals surface area contributed by atoms with Gasteiger partial charge in [-0.05, 0) is 37.2 Å². The smallest absolute Gasteiger partial charge is 0.258 e. The van der Waals surface area contributed by atoms with Gasteiger partial charge >= 0.3 is 0 Å². The first kappa shape index (κ1) is 19.8. The third-order valence-corrected chi connectivity index (χ3v) is 4.54. The van der Waals surface area contributed by atoms with Crippen molar-refractivity contribution in [3.05, 3.63) is 0 Å². The summed E-state index contributed by atoms with van der Waals surface area (Å²) in [6.07, 6.45) is 3.78. The zero-order valence-corrected chi connectivity index (χ0v) is 15.0. The predicted molar refractivity (Wildman–Crippen MR) is 91.2 cm³/mol. The van der Waals surface area contributed by atoms with E-state index in [1.807, 2.05) is 20.1 Å². The van der Waals surface area contributed by atoms with Gasteiger partial charge in [-0.3, -0.25) is 14.4 Å². The van der Waals surface area contributed by atoms with Gasteiger partial charge in [-0.15, -0.1) is 0 Å². The zero-order valence-electron chi connectivity index (χ0n) is 14.2. The van der Waals surface area contributed by atoms with Gasteiger partial charge in [0.25, 0.3) is 5.91 Å². The average molecular weight is 344 g/mol. The Balaban J connectivity index is 3.00. The molecule has 0 aromatic heterocycles. The molecule has 1 saturated heterocycles. The quantitative estimate of drug-likeness (QED) is 0.626. The number of hydrazine groups is 1. The minimum Gasteiger partial charge on any atom is -0.368 e. The maximum absolute atomic E-state index is 12.7. The molecule has 1 fully saturated rings. The van der Waals surface area contributed by atoms with E-state index in [2.05, 4.69) is 0 Å². The highest BCUT2D eigenvalue weighted by Crippen LogP contribution is 2.20. The van der Waals surface area contributed by atoms with Gasteiger partial charge < -0.3 is 11.5 Å². The molecule has 0 radical (unpaired) electrons. The molecule has 4 N–H and O–H groups in total. The van der Waals surface area contributed by atoms with Crippen LogP contribution in [0.5, 0.6) is 0 Å². The number of carbonyl (C=O) groups is 3. The number of hydrogen-bond donors (Lipinski definition) is 2. The molecule has 7 nitrogen and oxygen atoms in total. The van der Waals surface area contributed by atoms with E-state index in [1.54, 1.807) is 11.8 Å². The Morgan fingerprint density at radius 2 is 2.04 bits per heavy atom. The molecule has 23 heavy (non-hydrogen) atoms. The monoisotopic (exact) mass is 344 g/mol. The van der Waals surface area contributed by atoms with Crippen molar-refractivity contribution in [2.75, 3.05) is 18.6 Å². The fraction of sp³-hybridized carbons (Fsp3) is 0.800. The highest BCUT2D eigenvalue weighted by Gasteiger charge is 2.40. The van der Waals surface area contributed by atoms with Crippen molar-refractivity contribution in [1.82, 2.24) is 10.0 Å². The highest BCUT2D eigenvalue weighted by atomic mass is 32.2. The zero-order chi connectivity index (χ0) is 17.6. The van der Waals surface area contributed by atoms with Gasteiger partial charge in [0.05, 0.1) is 6.04 Å². The Hall–Kier alpha value is -1.28. The molecule has 0 aliphatic carbocycles. The van der Waals surface area contributed by atoms with Gasteiger partial charge in [-0.2, -0.15) is 11.8 Å². The minimum atomic E-state index is -0.809. The lowest BCUT2D eigenvalue weighted by molar-refractivity contribution is -0.168. The molecule has 8 heteroatoms. The first-order valence-electron chi connectivity index (χ1n) is 7.96. The topological polar surface area (TPSA) is 110 Å². The fourth-order valence-electron chi connectivity index (χ4n) is 2.52. The molecule has 1 heterocycles. The number of nitrogens with two attached hydrogens (primary N) is 2. The van der Waals surface area contributed by atoms with E-state index >= 15 is 0 Å². The Kier molecular flexibility index (Phi) is 7.84. The van der Waals surface area contributed by atoms with Crippen molar-refractivity contribution in [3.8, 4) is 0 Å². The first-order valence-corrected chi connectivity index (χ1v) is 9.36. The van der Waals surface area contributed by atoms with Gasteiger partial charge in [0.1, 0.15) is 6.04 Å². The third-order valence-electron chi connectivity index (χ3n) is 3.89. The molecule has 0 spiro atoms. The molecule has 1 rings (SSSR count). The molecule has 2 atom stereocenters. The van der Waals surface area contributed by atoms with E-state index in [1.165, 1.54) is 10.0 Å². The van der Waals surface area contributed by atoms with Gasteiger partial charge in [0.15, 0.2) is 0 Å². The summed E-state index contributed by atoms with van der Waals surface area (Å²) in [5.74, 6) is -0.125. The van der Waals surface area contributed by atoms with Crippen LogP contribution in [-0.4, -0.2) is 58.4 Å². The number of primary amides is 1. The molecular formula is C15H28N4O3S. The summed E-state index contributed by atoms with van der Waals surface area (Å²) in [6.45, 7) is 4.39. The summed E-state index contributed by atoms with van der Waals surface area (Å²) in [4.78, 5) is 36.8. The van der Waals surface area contributed by atoms with Crippen LogP contribution in [0.25, 0.3) is 0 Å². The summed E-state index contributed by atoms with van der Waals surface area (Å²) in [6, 6.07) is -1.43. The molecule has 0 saturated carbocycles. The number of rotatable bonds is 9. The van der Waals surface area contributed by atoms with Crippen LogP contribution in [0.1, 0.15) is 39.5 Å². The third kappa shape index (κ3) is 5.39. The van der Waals surface area contributed by atoms with Crippen molar-refractivity contribution in [1.29, 1.82) is 0 Å². The summed E-state index contributed by atoms with van der Waals surface area (Å²) >= 11 is 1.56. The fourth-order valence-corrected chi connectivity index (χ4v) is 2.98. The average Bonchev–Trinajstić information content (AvgIpc) is 2.80. The van der Waals surface area contributed by atoms with Crippen LogP contribution in [0.15, 0.2) is 0 Å². The molecule has 1 aliphatic rings. The summed E-state index contributed by atoms with van der Waals surface area (Å²) < 4.78 is 0. The van der Waals surface area contributed by atoms with Crippen LogP contribution < -0.4 is 11.5 Å². The van der Waals surface area contributed by atoms with Gasteiger partial charge in [-0.25, -0.2) is 10.0 Å². The van der Waals surface area contributed by atoms with Crippen molar-refractivity contribution in [2.45, 2.75) is 51.6 Å². The van der Waals surface area contributed by atoms with Crippen LogP contribution in [-0.2, 0) is 14.4 Å². The molecule has 1 unspecified atom stereocenters. The predicted octanol–water partition coefficient (Wildman–Crippen LogP) is 0.333. The maximum atomic E-state index is 12.7. The lowest BCUT2D eigenvalue weighted by Crippen LogP contribution is -2.58. The maximum Gasteiger partial charge on any atom is 0.258 e. The molecule has 1 aliphatic heterocycles. The molecular weight excluding hydrogens is 316 g/mol. The second kappa shape index (κ2) is 9.12. The van der Waals surface area contributed by atoms with Gasteiger partial charge in [0, 0.05) is 13.0 Å². The lowest BCUT2D eigenvalue weighted by atomic mass is 10.1. The lowest BCUT2D eigenvalue weighted by Gasteiger charge is -2.37. The number of hydrogen-bond acceptors (Lipinski definition) is 5. The molecule has 132 valence electrons. The van der Waals surface area contributed by atoms with Gasteiger partial charge in [-0.1, -0.05) is 13.8 Å². The van der Waals surface area contributed by atoms with E-state index in [0.717, 1.165) is 0 Å². The van der Waals surface area contributed by atoms with Crippen molar-refractivity contribution in [3.63, 3.8) is 0 Å². The summed E-state index contributed by atoms with van der Waals surface area (Å²) in [5.41, 5.74) is 11.3. The van der Waals surface area contributed by atoms with E-state index in [9.17, 15) is 14.4 Å². The second-order valence-electron chi connectivity index (χ2n) is 6.23. The minimum absolute atomic E-state index is 0.244. The molecule has 0 aromatic rings. The van der Waals surface area contributed by atoms with Gasteiger partial charge in [0.2, 0.25) is 11.8 Å².